The Balaban J connectivity index is 1.52. The third-order valence-electron chi connectivity index (χ3n) is 4.95. The minimum Gasteiger partial charge on any atom is -0.308 e. The lowest BCUT2D eigenvalue weighted by Crippen LogP contribution is -2.14. The molecule has 2 heterocycles. The predicted molar refractivity (Wildman–Crippen MR) is 109 cm³/mol. The van der Waals surface area contributed by atoms with Crippen molar-refractivity contribution in [3.63, 3.8) is 0 Å². The number of nitrogens with zero attached hydrogens (tertiary/aromatic N) is 4. The number of hydrogen-bond donors (Lipinski definition) is 1. The summed E-state index contributed by atoms with van der Waals surface area (Å²) in [5.74, 6) is 0.628. The number of benzene rings is 2. The van der Waals surface area contributed by atoms with E-state index in [1.807, 2.05) is 36.4 Å². The standard InChI is InChI=1S/C22H23N5O/c1-16(9-8-14-17-10-4-2-5-11-17)27-21-20(25-26-27)22(28)24-19(23-21)15-18-12-6-3-7-13-18/h2-7,10-13,16H,8-9,14-15H2,1H3,(H,23,24,28). The Kier molecular flexibility index (Phi) is 5.28. The zero-order valence-electron chi connectivity index (χ0n) is 15.9. The first-order valence-corrected chi connectivity index (χ1v) is 9.62. The van der Waals surface area contributed by atoms with Gasteiger partial charge in [0.2, 0.25) is 0 Å². The molecule has 4 aromatic rings. The predicted octanol–water partition coefficient (Wildman–Crippen LogP) is 3.69. The SMILES string of the molecule is CC(CCCc1ccccc1)n1nnc2c(=O)[nH]c(Cc3ccccc3)nc21. The third-order valence-corrected chi connectivity index (χ3v) is 4.95. The molecule has 0 fully saturated rings. The number of fused-ring (bicyclic) bond motifs is 1. The molecule has 6 heteroatoms. The topological polar surface area (TPSA) is 76.5 Å². The van der Waals surface area contributed by atoms with Crippen LogP contribution in [0.4, 0.5) is 0 Å². The van der Waals surface area contributed by atoms with Crippen LogP contribution < -0.4 is 5.56 Å². The average molecular weight is 373 g/mol. The van der Waals surface area contributed by atoms with E-state index in [2.05, 4.69) is 51.5 Å². The maximum absolute atomic E-state index is 12.4. The molecular weight excluding hydrogens is 350 g/mol. The highest BCUT2D eigenvalue weighted by molar-refractivity contribution is 5.68. The maximum atomic E-state index is 12.4. The zero-order valence-corrected chi connectivity index (χ0v) is 15.9. The van der Waals surface area contributed by atoms with Gasteiger partial charge in [0.1, 0.15) is 5.82 Å². The highest BCUT2D eigenvalue weighted by atomic mass is 16.1. The minimum absolute atomic E-state index is 0.118. The lowest BCUT2D eigenvalue weighted by atomic mass is 10.1. The van der Waals surface area contributed by atoms with Crippen molar-refractivity contribution in [3.05, 3.63) is 88.0 Å². The quantitative estimate of drug-likeness (QED) is 0.536. The van der Waals surface area contributed by atoms with Crippen molar-refractivity contribution in [2.24, 2.45) is 0 Å². The van der Waals surface area contributed by atoms with Gasteiger partial charge in [0.05, 0.1) is 6.04 Å². The van der Waals surface area contributed by atoms with Crippen molar-refractivity contribution in [1.82, 2.24) is 25.0 Å². The summed E-state index contributed by atoms with van der Waals surface area (Å²) in [6.45, 7) is 2.10. The summed E-state index contributed by atoms with van der Waals surface area (Å²) < 4.78 is 1.78. The number of H-pyrrole nitrogens is 1. The van der Waals surface area contributed by atoms with E-state index in [1.165, 1.54) is 5.56 Å². The van der Waals surface area contributed by atoms with E-state index < -0.39 is 0 Å². The number of aryl methyl sites for hydroxylation is 1. The van der Waals surface area contributed by atoms with Crippen molar-refractivity contribution >= 4 is 11.2 Å². The molecule has 0 radical (unpaired) electrons. The van der Waals surface area contributed by atoms with Gasteiger partial charge in [-0.05, 0) is 37.3 Å². The van der Waals surface area contributed by atoms with Crippen LogP contribution in [-0.4, -0.2) is 25.0 Å². The van der Waals surface area contributed by atoms with Crippen LogP contribution in [-0.2, 0) is 12.8 Å². The number of hydrogen-bond acceptors (Lipinski definition) is 4. The first kappa shape index (κ1) is 18.1. The molecule has 0 aliphatic rings. The smallest absolute Gasteiger partial charge is 0.281 e. The molecule has 0 amide bonds. The molecular formula is C22H23N5O. The second-order valence-electron chi connectivity index (χ2n) is 7.11. The van der Waals surface area contributed by atoms with Gasteiger partial charge in [0, 0.05) is 6.42 Å². The average Bonchev–Trinajstić information content (AvgIpc) is 3.14. The minimum atomic E-state index is -0.237. The summed E-state index contributed by atoms with van der Waals surface area (Å²) in [5, 5.41) is 8.27. The van der Waals surface area contributed by atoms with Crippen LogP contribution in [0, 0.1) is 0 Å². The number of rotatable bonds is 7. The Hall–Kier alpha value is -3.28. The van der Waals surface area contributed by atoms with Gasteiger partial charge in [0.25, 0.3) is 5.56 Å². The zero-order chi connectivity index (χ0) is 19.3. The lowest BCUT2D eigenvalue weighted by molar-refractivity contribution is 0.444. The van der Waals surface area contributed by atoms with E-state index >= 15 is 0 Å². The normalized spacial score (nSPS) is 12.3. The Morgan fingerprint density at radius 3 is 2.39 bits per heavy atom. The van der Waals surface area contributed by atoms with Crippen LogP contribution in [0.15, 0.2) is 65.5 Å². The van der Waals surface area contributed by atoms with Gasteiger partial charge in [-0.25, -0.2) is 9.67 Å². The molecule has 142 valence electrons. The second kappa shape index (κ2) is 8.17. The summed E-state index contributed by atoms with van der Waals surface area (Å²) in [7, 11) is 0. The van der Waals surface area contributed by atoms with Gasteiger partial charge in [-0.1, -0.05) is 65.9 Å². The fraction of sp³-hybridized carbons (Fsp3) is 0.273. The molecule has 0 saturated carbocycles. The van der Waals surface area contributed by atoms with Crippen molar-refractivity contribution in [3.8, 4) is 0 Å². The molecule has 0 aliphatic carbocycles. The van der Waals surface area contributed by atoms with E-state index in [1.54, 1.807) is 4.68 Å². The van der Waals surface area contributed by atoms with Crippen LogP contribution in [0.25, 0.3) is 11.2 Å². The molecule has 1 N–H and O–H groups in total. The molecule has 2 aromatic carbocycles. The molecule has 1 atom stereocenters. The van der Waals surface area contributed by atoms with Crippen LogP contribution in [0.2, 0.25) is 0 Å². The molecule has 0 spiro atoms. The molecule has 0 aliphatic heterocycles. The highest BCUT2D eigenvalue weighted by Gasteiger charge is 2.16. The van der Waals surface area contributed by atoms with Crippen LogP contribution >= 0.6 is 0 Å². The van der Waals surface area contributed by atoms with Crippen molar-refractivity contribution in [1.29, 1.82) is 0 Å². The van der Waals surface area contributed by atoms with Gasteiger partial charge in [-0.15, -0.1) is 5.10 Å². The van der Waals surface area contributed by atoms with Gasteiger partial charge in [0.15, 0.2) is 11.2 Å². The Bertz CT molecular complexity index is 1100. The first-order chi connectivity index (χ1) is 13.7. The van der Waals surface area contributed by atoms with Crippen LogP contribution in [0.3, 0.4) is 0 Å². The van der Waals surface area contributed by atoms with Crippen molar-refractivity contribution < 1.29 is 0 Å². The third kappa shape index (κ3) is 4.01. The van der Waals surface area contributed by atoms with E-state index in [0.29, 0.717) is 23.4 Å². The lowest BCUT2D eigenvalue weighted by Gasteiger charge is -2.12. The largest absolute Gasteiger partial charge is 0.308 e. The summed E-state index contributed by atoms with van der Waals surface area (Å²) in [6, 6.07) is 20.5. The van der Waals surface area contributed by atoms with Gasteiger partial charge in [-0.3, -0.25) is 4.79 Å². The molecule has 28 heavy (non-hydrogen) atoms. The molecule has 6 nitrogen and oxygen atoms in total. The molecule has 0 bridgehead atoms. The number of nitrogens with one attached hydrogen (secondary N) is 1. The highest BCUT2D eigenvalue weighted by Crippen LogP contribution is 2.18. The Morgan fingerprint density at radius 1 is 1.00 bits per heavy atom. The number of aromatic nitrogens is 5. The van der Waals surface area contributed by atoms with Crippen LogP contribution in [0.1, 0.15) is 42.8 Å². The van der Waals surface area contributed by atoms with E-state index in [-0.39, 0.29) is 11.6 Å². The molecule has 1 unspecified atom stereocenters. The second-order valence-corrected chi connectivity index (χ2v) is 7.11. The summed E-state index contributed by atoms with van der Waals surface area (Å²) in [5.41, 5.74) is 3.05. The van der Waals surface area contributed by atoms with Crippen molar-refractivity contribution in [2.75, 3.05) is 0 Å². The Morgan fingerprint density at radius 2 is 1.68 bits per heavy atom. The Labute approximate surface area is 163 Å². The molecule has 0 saturated heterocycles. The van der Waals surface area contributed by atoms with Gasteiger partial charge < -0.3 is 4.98 Å². The summed E-state index contributed by atoms with van der Waals surface area (Å²) in [6.07, 6.45) is 3.56. The fourth-order valence-electron chi connectivity index (χ4n) is 3.42. The molecule has 2 aromatic heterocycles. The first-order valence-electron chi connectivity index (χ1n) is 9.62. The maximum Gasteiger partial charge on any atom is 0.281 e. The van der Waals surface area contributed by atoms with Crippen LogP contribution in [0.5, 0.6) is 0 Å². The van der Waals surface area contributed by atoms with Gasteiger partial charge in [-0.2, -0.15) is 0 Å². The fourth-order valence-corrected chi connectivity index (χ4v) is 3.42. The van der Waals surface area contributed by atoms with Crippen molar-refractivity contribution in [2.45, 2.75) is 38.6 Å². The summed E-state index contributed by atoms with van der Waals surface area (Å²) in [4.78, 5) is 19.9. The van der Waals surface area contributed by atoms with E-state index in [4.69, 9.17) is 0 Å². The summed E-state index contributed by atoms with van der Waals surface area (Å²) >= 11 is 0. The number of aromatic amines is 1. The molecule has 4 rings (SSSR count). The monoisotopic (exact) mass is 373 g/mol. The van der Waals surface area contributed by atoms with E-state index in [0.717, 1.165) is 24.8 Å². The van der Waals surface area contributed by atoms with Gasteiger partial charge >= 0.3 is 0 Å². The van der Waals surface area contributed by atoms with E-state index in [9.17, 15) is 4.79 Å².